The maximum absolute atomic E-state index is 4.77. The highest BCUT2D eigenvalue weighted by Gasteiger charge is 2.22. The maximum Gasteiger partial charge on any atom is 0.180 e. The molecule has 2 aromatic rings. The molecule has 1 aliphatic carbocycles. The van der Waals surface area contributed by atoms with Gasteiger partial charge in [0.2, 0.25) is 0 Å². The lowest BCUT2D eigenvalue weighted by Gasteiger charge is -2.21. The van der Waals surface area contributed by atoms with Crippen molar-refractivity contribution < 1.29 is 0 Å². The molecule has 5 nitrogen and oxygen atoms in total. The van der Waals surface area contributed by atoms with Crippen molar-refractivity contribution in [3.05, 3.63) is 72.6 Å². The van der Waals surface area contributed by atoms with Crippen LogP contribution in [0.4, 0.5) is 5.82 Å². The minimum absolute atomic E-state index is 0.605. The van der Waals surface area contributed by atoms with Gasteiger partial charge in [-0.15, -0.1) is 0 Å². The number of aliphatic imine (C=N–C) groups is 1. The van der Waals surface area contributed by atoms with E-state index < -0.39 is 0 Å². The summed E-state index contributed by atoms with van der Waals surface area (Å²) in [5.74, 6) is 1.56. The number of hydrogen-bond acceptors (Lipinski definition) is 5. The van der Waals surface area contributed by atoms with Gasteiger partial charge in [0.15, 0.2) is 5.82 Å². The van der Waals surface area contributed by atoms with Crippen molar-refractivity contribution in [2.24, 2.45) is 4.99 Å². The Morgan fingerprint density at radius 3 is 2.88 bits per heavy atom. The van der Waals surface area contributed by atoms with E-state index in [0.29, 0.717) is 18.1 Å². The van der Waals surface area contributed by atoms with Gasteiger partial charge in [0.25, 0.3) is 0 Å². The van der Waals surface area contributed by atoms with Crippen LogP contribution in [0.5, 0.6) is 0 Å². The van der Waals surface area contributed by atoms with E-state index in [1.165, 1.54) is 11.8 Å². The fourth-order valence-electron chi connectivity index (χ4n) is 2.95. The molecule has 0 bridgehead atoms. The van der Waals surface area contributed by atoms with Crippen LogP contribution in [0.3, 0.4) is 0 Å². The van der Waals surface area contributed by atoms with Crippen molar-refractivity contribution in [2.45, 2.75) is 25.8 Å². The molecule has 0 aromatic carbocycles. The van der Waals surface area contributed by atoms with Crippen molar-refractivity contribution in [1.29, 1.82) is 0 Å². The van der Waals surface area contributed by atoms with Gasteiger partial charge in [-0.25, -0.2) is 9.97 Å². The number of pyridine rings is 1. The molecule has 5 heteroatoms. The van der Waals surface area contributed by atoms with Gasteiger partial charge in [0.05, 0.1) is 12.2 Å². The summed E-state index contributed by atoms with van der Waals surface area (Å²) in [6, 6.07) is 5.94. The Kier molecular flexibility index (Phi) is 4.79. The molecule has 1 aliphatic rings. The zero-order valence-electron chi connectivity index (χ0n) is 13.9. The number of rotatable bonds is 6. The largest absolute Gasteiger partial charge is 0.353 e. The number of hydrogen-bond donors (Lipinski definition) is 0. The third-order valence-electron chi connectivity index (χ3n) is 4.05. The Morgan fingerprint density at radius 1 is 1.29 bits per heavy atom. The Hall–Kier alpha value is -2.82. The second-order valence-electron chi connectivity index (χ2n) is 5.73. The molecule has 0 N–H and O–H groups in total. The fourth-order valence-corrected chi connectivity index (χ4v) is 2.95. The number of anilines is 1. The SMILES string of the molecule is C=CN=C(C=C)c1nc2c(c(N(C)Cc3ccccn3)n1)CCC2. The molecule has 0 spiro atoms. The molecule has 0 fully saturated rings. The highest BCUT2D eigenvalue weighted by atomic mass is 15.2. The molecule has 2 heterocycles. The summed E-state index contributed by atoms with van der Waals surface area (Å²) in [4.78, 5) is 20.2. The van der Waals surface area contributed by atoms with Crippen molar-refractivity contribution in [3.8, 4) is 0 Å². The predicted molar refractivity (Wildman–Crippen MR) is 97.3 cm³/mol. The predicted octanol–water partition coefficient (Wildman–Crippen LogP) is 3.12. The van der Waals surface area contributed by atoms with Gasteiger partial charge >= 0.3 is 0 Å². The minimum Gasteiger partial charge on any atom is -0.353 e. The van der Waals surface area contributed by atoms with Crippen LogP contribution in [0.2, 0.25) is 0 Å². The number of nitrogens with zero attached hydrogens (tertiary/aromatic N) is 5. The van der Waals surface area contributed by atoms with Gasteiger partial charge < -0.3 is 4.90 Å². The Balaban J connectivity index is 2.00. The van der Waals surface area contributed by atoms with E-state index in [-0.39, 0.29) is 0 Å². The number of allylic oxidation sites excluding steroid dienone is 1. The first kappa shape index (κ1) is 16.1. The minimum atomic E-state index is 0.605. The molecule has 0 atom stereocenters. The van der Waals surface area contributed by atoms with Crippen LogP contribution in [-0.4, -0.2) is 27.7 Å². The first-order valence-corrected chi connectivity index (χ1v) is 8.05. The van der Waals surface area contributed by atoms with E-state index in [4.69, 9.17) is 4.98 Å². The van der Waals surface area contributed by atoms with E-state index in [1.54, 1.807) is 6.08 Å². The summed E-state index contributed by atoms with van der Waals surface area (Å²) in [7, 11) is 2.04. The van der Waals surface area contributed by atoms with Crippen molar-refractivity contribution in [2.75, 3.05) is 11.9 Å². The Morgan fingerprint density at radius 2 is 2.17 bits per heavy atom. The summed E-state index contributed by atoms with van der Waals surface area (Å²) in [6.45, 7) is 8.16. The number of aromatic nitrogens is 3. The average molecular weight is 319 g/mol. The standard InChI is InChI=1S/C19H21N5/c1-4-16(20-5-2)18-22-17-11-8-10-15(17)19(23-18)24(3)13-14-9-6-7-12-21-14/h4-7,9,12H,1-2,8,10-11,13H2,3H3. The summed E-state index contributed by atoms with van der Waals surface area (Å²) in [5.41, 5.74) is 4.00. The molecule has 0 saturated heterocycles. The molecule has 0 radical (unpaired) electrons. The topological polar surface area (TPSA) is 54.3 Å². The van der Waals surface area contributed by atoms with Crippen LogP contribution in [0.25, 0.3) is 0 Å². The molecule has 0 aliphatic heterocycles. The van der Waals surface area contributed by atoms with Crippen LogP contribution < -0.4 is 4.90 Å². The lowest BCUT2D eigenvalue weighted by Crippen LogP contribution is -2.22. The highest BCUT2D eigenvalue weighted by molar-refractivity contribution is 6.06. The number of aryl methyl sites for hydroxylation is 1. The van der Waals surface area contributed by atoms with Crippen LogP contribution in [-0.2, 0) is 19.4 Å². The van der Waals surface area contributed by atoms with Gasteiger partial charge in [-0.1, -0.05) is 19.2 Å². The molecule has 24 heavy (non-hydrogen) atoms. The zero-order chi connectivity index (χ0) is 16.9. The summed E-state index contributed by atoms with van der Waals surface area (Å²) < 4.78 is 0. The zero-order valence-corrected chi connectivity index (χ0v) is 13.9. The van der Waals surface area contributed by atoms with Crippen LogP contribution in [0.15, 0.2) is 54.8 Å². The summed E-state index contributed by atoms with van der Waals surface area (Å²) in [5, 5.41) is 0. The van der Waals surface area contributed by atoms with Gasteiger partial charge in [-0.05, 0) is 37.5 Å². The normalized spacial score (nSPS) is 13.5. The van der Waals surface area contributed by atoms with Crippen LogP contribution >= 0.6 is 0 Å². The lowest BCUT2D eigenvalue weighted by atomic mass is 10.2. The first-order valence-electron chi connectivity index (χ1n) is 8.05. The monoisotopic (exact) mass is 319 g/mol. The molecular weight excluding hydrogens is 298 g/mol. The van der Waals surface area contributed by atoms with Crippen LogP contribution in [0.1, 0.15) is 29.2 Å². The Labute approximate surface area is 142 Å². The molecule has 2 aromatic heterocycles. The molecule has 122 valence electrons. The molecular formula is C19H21N5. The van der Waals surface area contributed by atoms with Gasteiger partial charge in [0, 0.05) is 30.7 Å². The van der Waals surface area contributed by atoms with E-state index in [9.17, 15) is 0 Å². The summed E-state index contributed by atoms with van der Waals surface area (Å²) >= 11 is 0. The van der Waals surface area contributed by atoms with Gasteiger partial charge in [-0.3, -0.25) is 9.98 Å². The smallest absolute Gasteiger partial charge is 0.180 e. The first-order chi connectivity index (χ1) is 11.7. The number of fused-ring (bicyclic) bond motifs is 1. The third-order valence-corrected chi connectivity index (χ3v) is 4.05. The fraction of sp³-hybridized carbons (Fsp3) is 0.263. The quantitative estimate of drug-likeness (QED) is 0.768. The van der Waals surface area contributed by atoms with E-state index in [2.05, 4.69) is 33.0 Å². The highest BCUT2D eigenvalue weighted by Crippen LogP contribution is 2.29. The van der Waals surface area contributed by atoms with Crippen LogP contribution in [0, 0.1) is 0 Å². The third kappa shape index (κ3) is 3.25. The second-order valence-corrected chi connectivity index (χ2v) is 5.73. The lowest BCUT2D eigenvalue weighted by molar-refractivity contribution is 0.845. The van der Waals surface area contributed by atoms with E-state index in [1.807, 2.05) is 31.4 Å². The van der Waals surface area contributed by atoms with Gasteiger partial charge in [0.1, 0.15) is 11.5 Å². The van der Waals surface area contributed by atoms with Crippen molar-refractivity contribution in [3.63, 3.8) is 0 Å². The summed E-state index contributed by atoms with van der Waals surface area (Å²) in [6.07, 6.45) is 8.07. The average Bonchev–Trinajstić information content (AvgIpc) is 3.08. The Bertz CT molecular complexity index is 780. The van der Waals surface area contributed by atoms with Crippen molar-refractivity contribution >= 4 is 11.5 Å². The van der Waals surface area contributed by atoms with Crippen molar-refractivity contribution in [1.82, 2.24) is 15.0 Å². The molecule has 3 rings (SSSR count). The second kappa shape index (κ2) is 7.17. The molecule has 0 saturated carbocycles. The maximum atomic E-state index is 4.77. The van der Waals surface area contributed by atoms with E-state index in [0.717, 1.165) is 36.5 Å². The van der Waals surface area contributed by atoms with Gasteiger partial charge in [-0.2, -0.15) is 0 Å². The van der Waals surface area contributed by atoms with E-state index >= 15 is 0 Å². The molecule has 0 unspecified atom stereocenters. The molecule has 0 amide bonds.